The molecule has 0 saturated heterocycles. The van der Waals surface area contributed by atoms with Crippen molar-refractivity contribution in [2.75, 3.05) is 7.11 Å². The number of benzene rings is 2. The molecule has 0 aliphatic carbocycles. The van der Waals surface area contributed by atoms with E-state index in [-0.39, 0.29) is 23.8 Å². The fourth-order valence-corrected chi connectivity index (χ4v) is 2.35. The fraction of sp³-hybridized carbons (Fsp3) is 0.273. The van der Waals surface area contributed by atoms with Gasteiger partial charge in [-0.15, -0.1) is 0 Å². The normalized spacial score (nSPS) is 11.6. The Morgan fingerprint density at radius 2 is 1.81 bits per heavy atom. The summed E-state index contributed by atoms with van der Waals surface area (Å²) >= 11 is 0. The molecule has 5 heteroatoms. The molecule has 0 radical (unpaired) electrons. The molecule has 0 fully saturated rings. The second-order valence-electron chi connectivity index (χ2n) is 7.07. The first-order chi connectivity index (χ1) is 12.7. The summed E-state index contributed by atoms with van der Waals surface area (Å²) in [4.78, 5) is 12.3. The van der Waals surface area contributed by atoms with Gasteiger partial charge in [0.1, 0.15) is 18.5 Å². The Labute approximate surface area is 158 Å². The van der Waals surface area contributed by atoms with Crippen molar-refractivity contribution in [2.24, 2.45) is 5.41 Å². The van der Waals surface area contributed by atoms with Crippen molar-refractivity contribution >= 4 is 11.9 Å². The average molecular weight is 367 g/mol. The number of halogens is 1. The lowest BCUT2D eigenvalue weighted by Crippen LogP contribution is -2.21. The van der Waals surface area contributed by atoms with Crippen LogP contribution in [0.4, 0.5) is 4.39 Å². The molecular weight excluding hydrogens is 345 g/mol. The highest BCUT2D eigenvalue weighted by molar-refractivity contribution is 6.06. The topological polar surface area (TPSA) is 59.3 Å². The van der Waals surface area contributed by atoms with Crippen LogP contribution in [0, 0.1) is 22.6 Å². The van der Waals surface area contributed by atoms with Gasteiger partial charge in [-0.05, 0) is 41.5 Å². The SMILES string of the molecule is COc1cc(/C=C(\C#N)C(=O)C(C)(C)C)ccc1OCc1ccc(F)cc1. The van der Waals surface area contributed by atoms with Crippen molar-refractivity contribution in [2.45, 2.75) is 27.4 Å². The highest BCUT2D eigenvalue weighted by Crippen LogP contribution is 2.30. The summed E-state index contributed by atoms with van der Waals surface area (Å²) in [5.41, 5.74) is 0.939. The monoisotopic (exact) mass is 367 g/mol. The summed E-state index contributed by atoms with van der Waals surface area (Å²) in [5, 5.41) is 9.31. The van der Waals surface area contributed by atoms with Crippen LogP contribution in [0.5, 0.6) is 11.5 Å². The van der Waals surface area contributed by atoms with Gasteiger partial charge >= 0.3 is 0 Å². The molecule has 4 nitrogen and oxygen atoms in total. The lowest BCUT2D eigenvalue weighted by atomic mass is 9.86. The van der Waals surface area contributed by atoms with E-state index in [2.05, 4.69) is 0 Å². The fourth-order valence-electron chi connectivity index (χ4n) is 2.35. The molecule has 0 heterocycles. The van der Waals surface area contributed by atoms with Crippen LogP contribution in [0.1, 0.15) is 31.9 Å². The zero-order chi connectivity index (χ0) is 20.0. The van der Waals surface area contributed by atoms with Crippen molar-refractivity contribution in [1.29, 1.82) is 5.26 Å². The van der Waals surface area contributed by atoms with Crippen LogP contribution in [-0.2, 0) is 11.4 Å². The lowest BCUT2D eigenvalue weighted by Gasteiger charge is -2.15. The Morgan fingerprint density at radius 1 is 1.15 bits per heavy atom. The first kappa shape index (κ1) is 20.2. The summed E-state index contributed by atoms with van der Waals surface area (Å²) in [5.74, 6) is 0.470. The van der Waals surface area contributed by atoms with Gasteiger partial charge in [0.05, 0.1) is 12.7 Å². The van der Waals surface area contributed by atoms with E-state index in [9.17, 15) is 14.4 Å². The molecule has 0 aliphatic heterocycles. The number of allylic oxidation sites excluding steroid dienone is 1. The molecule has 0 aromatic heterocycles. The Bertz CT molecular complexity index is 887. The molecule has 2 aromatic carbocycles. The maximum atomic E-state index is 13.0. The first-order valence-electron chi connectivity index (χ1n) is 8.46. The minimum absolute atomic E-state index is 0.0875. The molecule has 0 unspecified atom stereocenters. The molecule has 140 valence electrons. The van der Waals surface area contributed by atoms with E-state index in [1.807, 2.05) is 6.07 Å². The van der Waals surface area contributed by atoms with Crippen LogP contribution < -0.4 is 9.47 Å². The molecule has 0 N–H and O–H groups in total. The smallest absolute Gasteiger partial charge is 0.178 e. The van der Waals surface area contributed by atoms with Crippen LogP contribution in [0.2, 0.25) is 0 Å². The standard InChI is InChI=1S/C22H22FNO3/c1-22(2,3)21(25)17(13-24)11-16-7-10-19(20(12-16)26-4)27-14-15-5-8-18(23)9-6-15/h5-12H,14H2,1-4H3/b17-11+. The zero-order valence-corrected chi connectivity index (χ0v) is 15.9. The van der Waals surface area contributed by atoms with Crippen molar-refractivity contribution in [3.63, 3.8) is 0 Å². The van der Waals surface area contributed by atoms with E-state index < -0.39 is 5.41 Å². The summed E-state index contributed by atoms with van der Waals surface area (Å²) < 4.78 is 24.1. The van der Waals surface area contributed by atoms with Crippen LogP contribution in [-0.4, -0.2) is 12.9 Å². The van der Waals surface area contributed by atoms with Gasteiger partial charge in [0.15, 0.2) is 17.3 Å². The summed E-state index contributed by atoms with van der Waals surface area (Å²) in [6.45, 7) is 5.58. The molecule has 0 bridgehead atoms. The van der Waals surface area contributed by atoms with Gasteiger partial charge in [-0.3, -0.25) is 4.79 Å². The molecule has 0 amide bonds. The molecule has 2 aromatic rings. The Balaban J connectivity index is 2.22. The maximum absolute atomic E-state index is 13.0. The maximum Gasteiger partial charge on any atom is 0.178 e. The zero-order valence-electron chi connectivity index (χ0n) is 15.9. The number of carbonyl (C=O) groups is 1. The Morgan fingerprint density at radius 3 is 2.37 bits per heavy atom. The molecule has 0 spiro atoms. The van der Waals surface area contributed by atoms with Gasteiger partial charge in [0, 0.05) is 5.41 Å². The van der Waals surface area contributed by atoms with Crippen LogP contribution in [0.3, 0.4) is 0 Å². The van der Waals surface area contributed by atoms with Gasteiger partial charge in [0.25, 0.3) is 0 Å². The number of nitriles is 1. The first-order valence-corrected chi connectivity index (χ1v) is 8.46. The molecule has 0 aliphatic rings. The van der Waals surface area contributed by atoms with E-state index in [1.54, 1.807) is 57.2 Å². The number of ketones is 1. The van der Waals surface area contributed by atoms with E-state index >= 15 is 0 Å². The second-order valence-corrected chi connectivity index (χ2v) is 7.07. The number of ether oxygens (including phenoxy) is 2. The molecule has 27 heavy (non-hydrogen) atoms. The number of rotatable bonds is 6. The lowest BCUT2D eigenvalue weighted by molar-refractivity contribution is -0.121. The predicted molar refractivity (Wildman–Crippen MR) is 102 cm³/mol. The van der Waals surface area contributed by atoms with Gasteiger partial charge in [-0.1, -0.05) is 39.0 Å². The van der Waals surface area contributed by atoms with Gasteiger partial charge in [-0.25, -0.2) is 4.39 Å². The van der Waals surface area contributed by atoms with Crippen molar-refractivity contribution in [3.8, 4) is 17.6 Å². The van der Waals surface area contributed by atoms with Crippen molar-refractivity contribution < 1.29 is 18.7 Å². The predicted octanol–water partition coefficient (Wildman–Crippen LogP) is 4.94. The van der Waals surface area contributed by atoms with Crippen LogP contribution in [0.15, 0.2) is 48.0 Å². The molecular formula is C22H22FNO3. The summed E-state index contributed by atoms with van der Waals surface area (Å²) in [6, 6.07) is 13.2. The second kappa shape index (κ2) is 8.50. The third kappa shape index (κ3) is 5.42. The van der Waals surface area contributed by atoms with Gasteiger partial charge in [0.2, 0.25) is 0 Å². The molecule has 2 rings (SSSR count). The van der Waals surface area contributed by atoms with Crippen LogP contribution >= 0.6 is 0 Å². The number of hydrogen-bond acceptors (Lipinski definition) is 4. The molecule has 0 atom stereocenters. The highest BCUT2D eigenvalue weighted by atomic mass is 19.1. The third-order valence-corrected chi connectivity index (χ3v) is 3.85. The summed E-state index contributed by atoms with van der Waals surface area (Å²) in [7, 11) is 1.51. The van der Waals surface area contributed by atoms with Crippen molar-refractivity contribution in [1.82, 2.24) is 0 Å². The van der Waals surface area contributed by atoms with Crippen molar-refractivity contribution in [3.05, 3.63) is 65.0 Å². The van der Waals surface area contributed by atoms with E-state index in [0.29, 0.717) is 17.1 Å². The average Bonchev–Trinajstić information content (AvgIpc) is 2.64. The van der Waals surface area contributed by atoms with E-state index in [4.69, 9.17) is 9.47 Å². The number of methoxy groups -OCH3 is 1. The van der Waals surface area contributed by atoms with Crippen LogP contribution in [0.25, 0.3) is 6.08 Å². The third-order valence-electron chi connectivity index (χ3n) is 3.85. The largest absolute Gasteiger partial charge is 0.493 e. The van der Waals surface area contributed by atoms with Gasteiger partial charge in [-0.2, -0.15) is 5.26 Å². The van der Waals surface area contributed by atoms with E-state index in [1.165, 1.54) is 19.2 Å². The van der Waals surface area contributed by atoms with Gasteiger partial charge < -0.3 is 9.47 Å². The minimum atomic E-state index is -0.635. The van der Waals surface area contributed by atoms with E-state index in [0.717, 1.165) is 5.56 Å². The number of nitrogens with zero attached hydrogens (tertiary/aromatic N) is 1. The number of Topliss-reactive ketones (excluding diaryl/α,β-unsaturated/α-hetero) is 1. The quantitative estimate of drug-likeness (QED) is 0.536. The number of hydrogen-bond donors (Lipinski definition) is 0. The number of carbonyl (C=O) groups excluding carboxylic acids is 1. The highest BCUT2D eigenvalue weighted by Gasteiger charge is 2.25. The molecule has 0 saturated carbocycles. The summed E-state index contributed by atoms with van der Waals surface area (Å²) in [6.07, 6.45) is 1.54. The Hall–Kier alpha value is -3.13. The minimum Gasteiger partial charge on any atom is -0.493 e. The Kier molecular flexibility index (Phi) is 6.36.